The van der Waals surface area contributed by atoms with Crippen LogP contribution < -0.4 is 0 Å². The average Bonchev–Trinajstić information content (AvgIpc) is 2.00. The summed E-state index contributed by atoms with van der Waals surface area (Å²) in [5.74, 6) is 0.270. The van der Waals surface area contributed by atoms with Crippen molar-refractivity contribution in [1.29, 1.82) is 0 Å². The molecule has 4 heteroatoms. The summed E-state index contributed by atoms with van der Waals surface area (Å²) in [5, 5.41) is 9.73. The van der Waals surface area contributed by atoms with Gasteiger partial charge in [0.2, 0.25) is 0 Å². The SMILES string of the molecule is CCOC(C)(I)CC(C)(C)C(O)CCl. The summed E-state index contributed by atoms with van der Waals surface area (Å²) < 4.78 is 5.36. The van der Waals surface area contributed by atoms with E-state index in [9.17, 15) is 5.11 Å². The Labute approximate surface area is 105 Å². The van der Waals surface area contributed by atoms with Crippen molar-refractivity contribution in [2.75, 3.05) is 12.5 Å². The lowest BCUT2D eigenvalue weighted by Crippen LogP contribution is -2.37. The summed E-state index contributed by atoms with van der Waals surface area (Å²) in [4.78, 5) is 0. The van der Waals surface area contributed by atoms with Crippen LogP contribution in [0.4, 0.5) is 0 Å². The average molecular weight is 335 g/mol. The molecule has 0 aromatic carbocycles. The molecule has 14 heavy (non-hydrogen) atoms. The summed E-state index contributed by atoms with van der Waals surface area (Å²) in [7, 11) is 0. The predicted octanol–water partition coefficient (Wildman–Crippen LogP) is 3.19. The molecule has 0 radical (unpaired) electrons. The van der Waals surface area contributed by atoms with Crippen LogP contribution in [0, 0.1) is 5.41 Å². The Hall–Kier alpha value is 0.940. The lowest BCUT2D eigenvalue weighted by Gasteiger charge is -2.36. The Balaban J connectivity index is 4.33. The summed E-state index contributed by atoms with van der Waals surface area (Å²) in [6.45, 7) is 8.71. The molecular weight excluding hydrogens is 314 g/mol. The van der Waals surface area contributed by atoms with Crippen LogP contribution in [0.15, 0.2) is 0 Å². The van der Waals surface area contributed by atoms with Crippen molar-refractivity contribution < 1.29 is 9.84 Å². The molecule has 0 heterocycles. The third-order valence-corrected chi connectivity index (χ3v) is 3.25. The first-order valence-corrected chi connectivity index (χ1v) is 6.43. The molecule has 0 aliphatic carbocycles. The second kappa shape index (κ2) is 5.87. The van der Waals surface area contributed by atoms with E-state index in [2.05, 4.69) is 22.6 Å². The zero-order valence-corrected chi connectivity index (χ0v) is 12.2. The highest BCUT2D eigenvalue weighted by Gasteiger charge is 2.35. The fraction of sp³-hybridized carbons (Fsp3) is 1.00. The van der Waals surface area contributed by atoms with Gasteiger partial charge >= 0.3 is 0 Å². The van der Waals surface area contributed by atoms with E-state index in [0.717, 1.165) is 6.42 Å². The van der Waals surface area contributed by atoms with Gasteiger partial charge in [0.05, 0.1) is 6.10 Å². The van der Waals surface area contributed by atoms with Crippen molar-refractivity contribution in [3.05, 3.63) is 0 Å². The molecule has 0 saturated carbocycles. The molecule has 0 rings (SSSR count). The van der Waals surface area contributed by atoms with E-state index in [-0.39, 0.29) is 14.9 Å². The number of rotatable bonds is 6. The molecule has 0 fully saturated rings. The molecule has 0 bridgehead atoms. The van der Waals surface area contributed by atoms with Crippen molar-refractivity contribution in [2.24, 2.45) is 5.41 Å². The Morgan fingerprint density at radius 3 is 2.29 bits per heavy atom. The number of alkyl halides is 2. The topological polar surface area (TPSA) is 29.5 Å². The second-order valence-corrected chi connectivity index (χ2v) is 6.96. The van der Waals surface area contributed by atoms with Gasteiger partial charge in [-0.25, -0.2) is 0 Å². The molecule has 86 valence electrons. The van der Waals surface area contributed by atoms with Crippen LogP contribution in [0.25, 0.3) is 0 Å². The Kier molecular flexibility index (Phi) is 6.26. The standard InChI is InChI=1S/C10H20ClIO2/c1-5-14-10(4,12)7-9(2,3)8(13)6-11/h8,13H,5-7H2,1-4H3. The Morgan fingerprint density at radius 1 is 1.43 bits per heavy atom. The minimum atomic E-state index is -0.487. The van der Waals surface area contributed by atoms with E-state index in [4.69, 9.17) is 16.3 Å². The van der Waals surface area contributed by atoms with Gasteiger partial charge in [0.25, 0.3) is 0 Å². The summed E-state index contributed by atoms with van der Waals surface area (Å²) in [6, 6.07) is 0. The smallest absolute Gasteiger partial charge is 0.116 e. The van der Waals surface area contributed by atoms with Gasteiger partial charge in [-0.3, -0.25) is 0 Å². The zero-order valence-electron chi connectivity index (χ0n) is 9.31. The maximum Gasteiger partial charge on any atom is 0.116 e. The minimum absolute atomic E-state index is 0.215. The fourth-order valence-electron chi connectivity index (χ4n) is 1.49. The van der Waals surface area contributed by atoms with Crippen LogP contribution in [0.5, 0.6) is 0 Å². The first-order chi connectivity index (χ1) is 6.25. The first kappa shape index (κ1) is 14.9. The largest absolute Gasteiger partial charge is 0.391 e. The van der Waals surface area contributed by atoms with E-state index in [1.54, 1.807) is 0 Å². The van der Waals surface area contributed by atoms with Crippen molar-refractivity contribution in [3.63, 3.8) is 0 Å². The molecule has 1 N–H and O–H groups in total. The number of aliphatic hydroxyl groups excluding tert-OH is 1. The number of hydrogen-bond acceptors (Lipinski definition) is 2. The molecular formula is C10H20ClIO2. The summed E-state index contributed by atoms with van der Waals surface area (Å²) in [6.07, 6.45) is 0.293. The number of halogens is 2. The van der Waals surface area contributed by atoms with Crippen LogP contribution in [0.1, 0.15) is 34.1 Å². The quantitative estimate of drug-likeness (QED) is 0.597. The van der Waals surface area contributed by atoms with Gasteiger partial charge in [0.15, 0.2) is 0 Å². The fourth-order valence-corrected chi connectivity index (χ4v) is 3.20. The zero-order chi connectivity index (χ0) is 11.4. The lowest BCUT2D eigenvalue weighted by atomic mass is 9.82. The van der Waals surface area contributed by atoms with Crippen LogP contribution >= 0.6 is 34.2 Å². The molecule has 0 amide bonds. The second-order valence-electron chi connectivity index (χ2n) is 4.37. The number of aliphatic hydroxyl groups is 1. The normalized spacial score (nSPS) is 19.1. The van der Waals surface area contributed by atoms with Crippen LogP contribution in [-0.4, -0.2) is 27.3 Å². The van der Waals surface area contributed by atoms with Gasteiger partial charge in [-0.05, 0) is 48.3 Å². The molecule has 2 nitrogen and oxygen atoms in total. The van der Waals surface area contributed by atoms with E-state index in [0.29, 0.717) is 6.61 Å². The minimum Gasteiger partial charge on any atom is -0.391 e. The van der Waals surface area contributed by atoms with Gasteiger partial charge in [-0.1, -0.05) is 13.8 Å². The van der Waals surface area contributed by atoms with E-state index in [1.807, 2.05) is 27.7 Å². The van der Waals surface area contributed by atoms with Crippen molar-refractivity contribution >= 4 is 34.2 Å². The molecule has 0 aromatic rings. The lowest BCUT2D eigenvalue weighted by molar-refractivity contribution is -0.0123. The Morgan fingerprint density at radius 2 is 1.93 bits per heavy atom. The van der Waals surface area contributed by atoms with Gasteiger partial charge in [-0.15, -0.1) is 11.6 Å². The highest BCUT2D eigenvalue weighted by Crippen LogP contribution is 2.37. The highest BCUT2D eigenvalue weighted by atomic mass is 127. The molecule has 2 atom stereocenters. The molecule has 0 aliphatic heterocycles. The van der Waals surface area contributed by atoms with Gasteiger partial charge < -0.3 is 9.84 Å². The van der Waals surface area contributed by atoms with Crippen LogP contribution in [0.3, 0.4) is 0 Å². The summed E-state index contributed by atoms with van der Waals surface area (Å²) >= 11 is 7.92. The van der Waals surface area contributed by atoms with Crippen molar-refractivity contribution in [1.82, 2.24) is 0 Å². The van der Waals surface area contributed by atoms with Crippen molar-refractivity contribution in [3.8, 4) is 0 Å². The Bertz CT molecular complexity index is 172. The monoisotopic (exact) mass is 334 g/mol. The summed E-state index contributed by atoms with van der Waals surface area (Å²) in [5.41, 5.74) is -0.215. The first-order valence-electron chi connectivity index (χ1n) is 4.82. The van der Waals surface area contributed by atoms with Crippen LogP contribution in [0.2, 0.25) is 0 Å². The van der Waals surface area contributed by atoms with Gasteiger partial charge in [0.1, 0.15) is 3.61 Å². The van der Waals surface area contributed by atoms with E-state index in [1.165, 1.54) is 0 Å². The third kappa shape index (κ3) is 5.14. The predicted molar refractivity (Wildman–Crippen MR) is 69.2 cm³/mol. The number of hydrogen-bond donors (Lipinski definition) is 1. The number of ether oxygens (including phenoxy) is 1. The maximum absolute atomic E-state index is 9.73. The molecule has 0 spiro atoms. The van der Waals surface area contributed by atoms with Gasteiger partial charge in [-0.2, -0.15) is 0 Å². The maximum atomic E-state index is 9.73. The van der Waals surface area contributed by atoms with Crippen LogP contribution in [-0.2, 0) is 4.74 Å². The van der Waals surface area contributed by atoms with E-state index >= 15 is 0 Å². The van der Waals surface area contributed by atoms with Crippen molar-refractivity contribution in [2.45, 2.75) is 43.8 Å². The van der Waals surface area contributed by atoms with E-state index < -0.39 is 6.10 Å². The third-order valence-electron chi connectivity index (χ3n) is 2.26. The highest BCUT2D eigenvalue weighted by molar-refractivity contribution is 14.1. The molecule has 0 saturated heterocycles. The van der Waals surface area contributed by atoms with Gasteiger partial charge in [0, 0.05) is 12.5 Å². The molecule has 2 unspecified atom stereocenters. The molecule has 0 aromatic heterocycles. The molecule has 0 aliphatic rings.